The van der Waals surface area contributed by atoms with Gasteiger partial charge in [-0.25, -0.2) is 0 Å². The number of hydrogen-bond donors (Lipinski definition) is 1. The quantitative estimate of drug-likeness (QED) is 0.763. The average Bonchev–Trinajstić information content (AvgIpc) is 2.84. The molecule has 24 heavy (non-hydrogen) atoms. The van der Waals surface area contributed by atoms with E-state index in [1.807, 2.05) is 36.4 Å². The second-order valence-electron chi connectivity index (χ2n) is 6.52. The normalized spacial score (nSPS) is 12.3. The highest BCUT2D eigenvalue weighted by Crippen LogP contribution is 2.25. The van der Waals surface area contributed by atoms with Crippen LogP contribution in [0, 0.1) is 13.8 Å². The number of aryl methyl sites for hydroxylation is 2. The van der Waals surface area contributed by atoms with E-state index in [1.165, 1.54) is 22.3 Å². The van der Waals surface area contributed by atoms with Gasteiger partial charge in [0.15, 0.2) is 0 Å². The lowest BCUT2D eigenvalue weighted by Crippen LogP contribution is -2.27. The number of carbonyl (C=O) groups is 1. The number of amides is 1. The summed E-state index contributed by atoms with van der Waals surface area (Å²) in [4.78, 5) is 12.5. The third kappa shape index (κ3) is 2.94. The number of fused-ring (bicyclic) bond motifs is 1. The molecule has 0 aliphatic carbocycles. The van der Waals surface area contributed by atoms with Crippen molar-refractivity contribution < 1.29 is 4.79 Å². The van der Waals surface area contributed by atoms with Crippen LogP contribution in [0.4, 0.5) is 0 Å². The van der Waals surface area contributed by atoms with Gasteiger partial charge in [0.25, 0.3) is 5.91 Å². The van der Waals surface area contributed by atoms with Gasteiger partial charge in [0.05, 0.1) is 0 Å². The highest BCUT2D eigenvalue weighted by Gasteiger charge is 2.13. The summed E-state index contributed by atoms with van der Waals surface area (Å²) in [7, 11) is 2.06. The predicted octanol–water partition coefficient (Wildman–Crippen LogP) is 4.33. The van der Waals surface area contributed by atoms with Crippen LogP contribution in [0.5, 0.6) is 0 Å². The molecule has 0 saturated carbocycles. The molecule has 1 unspecified atom stereocenters. The van der Waals surface area contributed by atoms with Crippen molar-refractivity contribution in [1.29, 1.82) is 0 Å². The zero-order chi connectivity index (χ0) is 17.3. The Labute approximate surface area is 143 Å². The third-order valence-corrected chi connectivity index (χ3v) is 5.01. The molecule has 124 valence electrons. The molecule has 2 aromatic carbocycles. The molecule has 0 saturated heterocycles. The topological polar surface area (TPSA) is 34.0 Å². The summed E-state index contributed by atoms with van der Waals surface area (Å²) in [6, 6.07) is 16.2. The summed E-state index contributed by atoms with van der Waals surface area (Å²) in [5, 5.41) is 4.21. The minimum absolute atomic E-state index is 0.0133. The Bertz CT molecular complexity index is 878. The van der Waals surface area contributed by atoms with E-state index in [-0.39, 0.29) is 5.91 Å². The summed E-state index contributed by atoms with van der Waals surface area (Å²) in [5.74, 6) is 0.278. The number of aromatic nitrogens is 1. The smallest absolute Gasteiger partial charge is 0.251 e. The Morgan fingerprint density at radius 2 is 1.83 bits per heavy atom. The Morgan fingerprint density at radius 3 is 2.54 bits per heavy atom. The predicted molar refractivity (Wildman–Crippen MR) is 99.6 cm³/mol. The molecule has 3 rings (SSSR count). The Hall–Kier alpha value is -2.55. The van der Waals surface area contributed by atoms with Gasteiger partial charge in [-0.1, -0.05) is 37.3 Å². The first-order valence-electron chi connectivity index (χ1n) is 8.38. The Kier molecular flexibility index (Phi) is 4.43. The fourth-order valence-electron chi connectivity index (χ4n) is 3.14. The number of carbonyl (C=O) groups excluding carboxylic acids is 1. The molecule has 3 aromatic rings. The van der Waals surface area contributed by atoms with Gasteiger partial charge < -0.3 is 9.88 Å². The largest absolute Gasteiger partial charge is 0.351 e. The van der Waals surface area contributed by atoms with Crippen molar-refractivity contribution in [2.75, 3.05) is 6.54 Å². The van der Waals surface area contributed by atoms with Crippen LogP contribution in [-0.4, -0.2) is 17.0 Å². The second kappa shape index (κ2) is 6.52. The summed E-state index contributed by atoms with van der Waals surface area (Å²) < 4.78 is 2.17. The van der Waals surface area contributed by atoms with Crippen LogP contribution in [0.15, 0.2) is 48.5 Å². The monoisotopic (exact) mass is 320 g/mol. The van der Waals surface area contributed by atoms with Crippen molar-refractivity contribution in [1.82, 2.24) is 9.88 Å². The molecule has 3 nitrogen and oxygen atoms in total. The molecule has 0 fully saturated rings. The number of nitrogens with zero attached hydrogens (tertiary/aromatic N) is 1. The molecule has 1 aromatic heterocycles. The lowest BCUT2D eigenvalue weighted by atomic mass is 10.0. The number of benzene rings is 2. The number of rotatable bonds is 4. The van der Waals surface area contributed by atoms with Crippen molar-refractivity contribution in [2.45, 2.75) is 26.7 Å². The molecule has 1 heterocycles. The summed E-state index contributed by atoms with van der Waals surface area (Å²) in [6.45, 7) is 6.98. The van der Waals surface area contributed by atoms with Crippen LogP contribution >= 0.6 is 0 Å². The van der Waals surface area contributed by atoms with E-state index >= 15 is 0 Å². The standard InChI is InChI=1S/C21H24N2O/c1-14(17-8-6-5-7-9-17)13-22-21(24)18-10-11-20-19(12-18)15(2)16(3)23(20)4/h5-12,14H,13H2,1-4H3,(H,22,24). The first kappa shape index (κ1) is 16.3. The van der Waals surface area contributed by atoms with Crippen molar-refractivity contribution in [2.24, 2.45) is 7.05 Å². The maximum absolute atomic E-state index is 12.5. The van der Waals surface area contributed by atoms with Gasteiger partial charge >= 0.3 is 0 Å². The minimum Gasteiger partial charge on any atom is -0.351 e. The Morgan fingerprint density at radius 1 is 1.12 bits per heavy atom. The van der Waals surface area contributed by atoms with Crippen molar-refractivity contribution >= 4 is 16.8 Å². The molecular weight excluding hydrogens is 296 g/mol. The molecule has 0 spiro atoms. The van der Waals surface area contributed by atoms with E-state index in [1.54, 1.807) is 0 Å². The van der Waals surface area contributed by atoms with Gasteiger partial charge in [0.2, 0.25) is 0 Å². The molecular formula is C21H24N2O. The maximum atomic E-state index is 12.5. The molecule has 0 radical (unpaired) electrons. The van der Waals surface area contributed by atoms with Crippen LogP contribution < -0.4 is 5.32 Å². The average molecular weight is 320 g/mol. The van der Waals surface area contributed by atoms with E-state index in [0.717, 1.165) is 10.9 Å². The van der Waals surface area contributed by atoms with Crippen molar-refractivity contribution in [3.63, 3.8) is 0 Å². The minimum atomic E-state index is -0.0133. The fraction of sp³-hybridized carbons (Fsp3) is 0.286. The number of nitrogens with one attached hydrogen (secondary N) is 1. The first-order chi connectivity index (χ1) is 11.5. The van der Waals surface area contributed by atoms with Crippen LogP contribution in [0.3, 0.4) is 0 Å². The highest BCUT2D eigenvalue weighted by molar-refractivity contribution is 5.99. The third-order valence-electron chi connectivity index (χ3n) is 5.01. The van der Waals surface area contributed by atoms with E-state index in [2.05, 4.69) is 49.8 Å². The zero-order valence-corrected chi connectivity index (χ0v) is 14.8. The molecule has 0 aliphatic rings. The second-order valence-corrected chi connectivity index (χ2v) is 6.52. The SMILES string of the molecule is Cc1c(C)n(C)c2ccc(C(=O)NCC(C)c3ccccc3)cc12. The van der Waals surface area contributed by atoms with E-state index in [4.69, 9.17) is 0 Å². The fourth-order valence-corrected chi connectivity index (χ4v) is 3.14. The van der Waals surface area contributed by atoms with E-state index in [9.17, 15) is 4.79 Å². The molecule has 0 bridgehead atoms. The van der Waals surface area contributed by atoms with Gasteiger partial charge in [-0.05, 0) is 49.1 Å². The zero-order valence-electron chi connectivity index (χ0n) is 14.8. The highest BCUT2D eigenvalue weighted by atomic mass is 16.1. The Balaban J connectivity index is 1.76. The lowest BCUT2D eigenvalue weighted by molar-refractivity contribution is 0.0952. The van der Waals surface area contributed by atoms with Gasteiger partial charge in [-0.3, -0.25) is 4.79 Å². The van der Waals surface area contributed by atoms with Gasteiger partial charge in [0.1, 0.15) is 0 Å². The van der Waals surface area contributed by atoms with E-state index in [0.29, 0.717) is 12.5 Å². The molecule has 1 amide bonds. The van der Waals surface area contributed by atoms with Crippen molar-refractivity contribution in [3.05, 3.63) is 70.9 Å². The summed E-state index contributed by atoms with van der Waals surface area (Å²) >= 11 is 0. The van der Waals surface area contributed by atoms with Gasteiger partial charge in [-0.2, -0.15) is 0 Å². The molecule has 1 N–H and O–H groups in total. The molecule has 3 heteroatoms. The summed E-state index contributed by atoms with van der Waals surface area (Å²) in [6.07, 6.45) is 0. The van der Waals surface area contributed by atoms with Crippen LogP contribution in [-0.2, 0) is 7.05 Å². The molecule has 1 atom stereocenters. The maximum Gasteiger partial charge on any atom is 0.251 e. The summed E-state index contributed by atoms with van der Waals surface area (Å²) in [5.41, 5.74) is 5.60. The van der Waals surface area contributed by atoms with E-state index < -0.39 is 0 Å². The van der Waals surface area contributed by atoms with Crippen molar-refractivity contribution in [3.8, 4) is 0 Å². The lowest BCUT2D eigenvalue weighted by Gasteiger charge is -2.13. The van der Waals surface area contributed by atoms with Gasteiger partial charge in [-0.15, -0.1) is 0 Å². The first-order valence-corrected chi connectivity index (χ1v) is 8.38. The van der Waals surface area contributed by atoms with Gasteiger partial charge in [0, 0.05) is 35.8 Å². The van der Waals surface area contributed by atoms with Crippen LogP contribution in [0.1, 0.15) is 40.0 Å². The number of hydrogen-bond acceptors (Lipinski definition) is 1. The van der Waals surface area contributed by atoms with Crippen LogP contribution in [0.25, 0.3) is 10.9 Å². The van der Waals surface area contributed by atoms with Crippen LogP contribution in [0.2, 0.25) is 0 Å². The molecule has 0 aliphatic heterocycles.